The fraction of sp³-hybridized carbons (Fsp3) is 0.263. The van der Waals surface area contributed by atoms with Gasteiger partial charge in [0.25, 0.3) is 0 Å². The number of aromatic nitrogens is 2. The maximum Gasteiger partial charge on any atom is 0.203 e. The van der Waals surface area contributed by atoms with Gasteiger partial charge in [-0.3, -0.25) is 5.43 Å². The number of anilines is 1. The maximum atomic E-state index is 5.86. The number of ether oxygens (including phenoxy) is 2. The minimum absolute atomic E-state index is 0.567. The van der Waals surface area contributed by atoms with Gasteiger partial charge >= 0.3 is 0 Å². The number of rotatable bonds is 8. The molecule has 6 nitrogen and oxygen atoms in total. The van der Waals surface area contributed by atoms with Gasteiger partial charge in [-0.1, -0.05) is 0 Å². The van der Waals surface area contributed by atoms with Gasteiger partial charge in [-0.25, -0.2) is 4.98 Å². The lowest BCUT2D eigenvalue weighted by molar-refractivity contribution is 0.321. The van der Waals surface area contributed by atoms with Crippen LogP contribution < -0.4 is 14.9 Å². The quantitative estimate of drug-likeness (QED) is 0.469. The highest BCUT2D eigenvalue weighted by atomic mass is 32.1. The normalized spacial score (nSPS) is 11.0. The van der Waals surface area contributed by atoms with Crippen molar-refractivity contribution < 1.29 is 9.47 Å². The highest BCUT2D eigenvalue weighted by Gasteiger charge is 2.14. The SMILES string of the molecule is CCOc1cc(C=NNc2nc(C)cs2)cc(OCC)c1-n1cccc1. The predicted octanol–water partition coefficient (Wildman–Crippen LogP) is 4.49. The third kappa shape index (κ3) is 4.23. The molecule has 2 heterocycles. The fourth-order valence-electron chi connectivity index (χ4n) is 2.51. The highest BCUT2D eigenvalue weighted by molar-refractivity contribution is 7.13. The van der Waals surface area contributed by atoms with Crippen molar-refractivity contribution in [1.29, 1.82) is 0 Å². The predicted molar refractivity (Wildman–Crippen MR) is 106 cm³/mol. The summed E-state index contributed by atoms with van der Waals surface area (Å²) in [5.74, 6) is 1.50. The van der Waals surface area contributed by atoms with E-state index in [1.54, 1.807) is 6.21 Å². The van der Waals surface area contributed by atoms with Crippen molar-refractivity contribution in [1.82, 2.24) is 9.55 Å². The Hall–Kier alpha value is -2.80. The minimum Gasteiger partial charge on any atom is -0.492 e. The first kappa shape index (κ1) is 18.0. The van der Waals surface area contributed by atoms with Gasteiger partial charge in [0.1, 0.15) is 17.2 Å². The molecule has 1 aromatic carbocycles. The molecule has 1 N–H and O–H groups in total. The lowest BCUT2D eigenvalue weighted by Crippen LogP contribution is -2.05. The summed E-state index contributed by atoms with van der Waals surface area (Å²) in [6.45, 7) is 7.02. The molecule has 0 bridgehead atoms. The number of thiazole rings is 1. The fourth-order valence-corrected chi connectivity index (χ4v) is 3.15. The van der Waals surface area contributed by atoms with E-state index in [1.807, 2.05) is 67.4 Å². The molecule has 0 aliphatic heterocycles. The van der Waals surface area contributed by atoms with Crippen molar-refractivity contribution in [2.24, 2.45) is 5.10 Å². The van der Waals surface area contributed by atoms with E-state index in [-0.39, 0.29) is 0 Å². The summed E-state index contributed by atoms with van der Waals surface area (Å²) >= 11 is 1.52. The van der Waals surface area contributed by atoms with E-state index in [0.29, 0.717) is 13.2 Å². The molecule has 0 atom stereocenters. The van der Waals surface area contributed by atoms with Gasteiger partial charge in [0.05, 0.1) is 25.1 Å². The van der Waals surface area contributed by atoms with E-state index < -0.39 is 0 Å². The van der Waals surface area contributed by atoms with Crippen LogP contribution in [0.15, 0.2) is 47.1 Å². The molecule has 0 amide bonds. The summed E-state index contributed by atoms with van der Waals surface area (Å²) in [4.78, 5) is 4.32. The number of benzene rings is 1. The van der Waals surface area contributed by atoms with Crippen LogP contribution in [0, 0.1) is 6.92 Å². The zero-order chi connectivity index (χ0) is 18.4. The summed E-state index contributed by atoms with van der Waals surface area (Å²) in [6.07, 6.45) is 5.68. The van der Waals surface area contributed by atoms with Gasteiger partial charge in [0.15, 0.2) is 0 Å². The number of nitrogens with one attached hydrogen (secondary N) is 1. The second kappa shape index (κ2) is 8.53. The molecule has 0 radical (unpaired) electrons. The second-order valence-corrected chi connectivity index (χ2v) is 6.34. The first-order chi connectivity index (χ1) is 12.7. The monoisotopic (exact) mass is 370 g/mol. The van der Waals surface area contributed by atoms with Gasteiger partial charge in [-0.15, -0.1) is 11.3 Å². The van der Waals surface area contributed by atoms with Crippen LogP contribution in [0.25, 0.3) is 5.69 Å². The van der Waals surface area contributed by atoms with E-state index >= 15 is 0 Å². The topological polar surface area (TPSA) is 60.7 Å². The van der Waals surface area contributed by atoms with Crippen molar-refractivity contribution >= 4 is 22.7 Å². The third-order valence-electron chi connectivity index (χ3n) is 3.52. The zero-order valence-electron chi connectivity index (χ0n) is 15.1. The van der Waals surface area contributed by atoms with Crippen LogP contribution in [0.3, 0.4) is 0 Å². The summed E-state index contributed by atoms with van der Waals surface area (Å²) in [5, 5.41) is 7.01. The average molecular weight is 370 g/mol. The van der Waals surface area contributed by atoms with Gasteiger partial charge in [0, 0.05) is 23.3 Å². The highest BCUT2D eigenvalue weighted by Crippen LogP contribution is 2.34. The Bertz CT molecular complexity index is 845. The number of nitrogens with zero attached hydrogens (tertiary/aromatic N) is 3. The summed E-state index contributed by atoms with van der Waals surface area (Å²) < 4.78 is 13.7. The molecule has 0 aliphatic rings. The molecule has 0 fully saturated rings. The van der Waals surface area contributed by atoms with E-state index in [2.05, 4.69) is 15.5 Å². The van der Waals surface area contributed by atoms with Crippen molar-refractivity contribution in [3.63, 3.8) is 0 Å². The molecule has 26 heavy (non-hydrogen) atoms. The molecule has 3 aromatic rings. The van der Waals surface area contributed by atoms with Crippen LogP contribution in [-0.2, 0) is 0 Å². The Morgan fingerprint density at radius 1 is 1.15 bits per heavy atom. The molecular formula is C19H22N4O2S. The molecule has 0 saturated heterocycles. The van der Waals surface area contributed by atoms with Crippen LogP contribution in [0.2, 0.25) is 0 Å². The van der Waals surface area contributed by atoms with Crippen LogP contribution in [-0.4, -0.2) is 29.0 Å². The standard InChI is InChI=1S/C19H22N4O2S/c1-4-24-16-10-15(12-20-22-19-21-14(3)13-26-19)11-17(25-5-2)18(16)23-8-6-7-9-23/h6-13H,4-5H2,1-3H3,(H,21,22). The van der Waals surface area contributed by atoms with E-state index in [1.165, 1.54) is 11.3 Å². The zero-order valence-corrected chi connectivity index (χ0v) is 15.9. The lowest BCUT2D eigenvalue weighted by Gasteiger charge is -2.17. The van der Waals surface area contributed by atoms with Crippen LogP contribution in [0.5, 0.6) is 11.5 Å². The molecule has 0 aliphatic carbocycles. The Morgan fingerprint density at radius 2 is 1.81 bits per heavy atom. The van der Waals surface area contributed by atoms with E-state index in [0.717, 1.165) is 33.6 Å². The molecule has 136 valence electrons. The number of hydrazone groups is 1. The molecule has 7 heteroatoms. The van der Waals surface area contributed by atoms with Crippen LogP contribution in [0.1, 0.15) is 25.1 Å². The van der Waals surface area contributed by atoms with Gasteiger partial charge in [-0.05, 0) is 45.0 Å². The Morgan fingerprint density at radius 3 is 2.35 bits per heavy atom. The largest absolute Gasteiger partial charge is 0.492 e. The molecular weight excluding hydrogens is 348 g/mol. The Labute approximate surface area is 157 Å². The average Bonchev–Trinajstić information content (AvgIpc) is 3.27. The first-order valence-electron chi connectivity index (χ1n) is 8.49. The van der Waals surface area contributed by atoms with E-state index in [4.69, 9.17) is 9.47 Å². The van der Waals surface area contributed by atoms with E-state index in [9.17, 15) is 0 Å². The number of hydrogen-bond donors (Lipinski definition) is 1. The smallest absolute Gasteiger partial charge is 0.203 e. The minimum atomic E-state index is 0.567. The second-order valence-electron chi connectivity index (χ2n) is 5.49. The lowest BCUT2D eigenvalue weighted by atomic mass is 10.1. The molecule has 0 unspecified atom stereocenters. The summed E-state index contributed by atoms with van der Waals surface area (Å²) in [7, 11) is 0. The molecule has 0 spiro atoms. The van der Waals surface area contributed by atoms with Gasteiger partial charge < -0.3 is 14.0 Å². The number of hydrogen-bond acceptors (Lipinski definition) is 6. The maximum absolute atomic E-state index is 5.86. The first-order valence-corrected chi connectivity index (χ1v) is 9.37. The van der Waals surface area contributed by atoms with Crippen LogP contribution >= 0.6 is 11.3 Å². The Balaban J connectivity index is 1.93. The van der Waals surface area contributed by atoms with Crippen molar-refractivity contribution in [3.8, 4) is 17.2 Å². The Kier molecular flexibility index (Phi) is 5.91. The molecule has 2 aromatic heterocycles. The van der Waals surface area contributed by atoms with Gasteiger partial charge in [0.2, 0.25) is 5.13 Å². The van der Waals surface area contributed by atoms with Crippen LogP contribution in [0.4, 0.5) is 5.13 Å². The van der Waals surface area contributed by atoms with Crippen molar-refractivity contribution in [2.45, 2.75) is 20.8 Å². The van der Waals surface area contributed by atoms with Crippen molar-refractivity contribution in [2.75, 3.05) is 18.6 Å². The molecule has 0 saturated carbocycles. The van der Waals surface area contributed by atoms with Crippen molar-refractivity contribution in [3.05, 3.63) is 53.3 Å². The third-order valence-corrected chi connectivity index (χ3v) is 4.38. The van der Waals surface area contributed by atoms with Gasteiger partial charge in [-0.2, -0.15) is 5.10 Å². The number of aryl methyl sites for hydroxylation is 1. The summed E-state index contributed by atoms with van der Waals surface area (Å²) in [6, 6.07) is 7.86. The molecule has 3 rings (SSSR count). The summed E-state index contributed by atoms with van der Waals surface area (Å²) in [5.41, 5.74) is 5.69.